The maximum Gasteiger partial charge on any atom is 0.231 e. The molecule has 1 aromatic heterocycles. The van der Waals surface area contributed by atoms with Gasteiger partial charge < -0.3 is 20.1 Å². The maximum absolute atomic E-state index is 10.1. The summed E-state index contributed by atoms with van der Waals surface area (Å²) in [6, 6.07) is 8.34. The summed E-state index contributed by atoms with van der Waals surface area (Å²) in [6.45, 7) is 2.14. The van der Waals surface area contributed by atoms with Crippen LogP contribution in [0.25, 0.3) is 0 Å². The van der Waals surface area contributed by atoms with Gasteiger partial charge in [-0.1, -0.05) is 12.1 Å². The van der Waals surface area contributed by atoms with Crippen LogP contribution in [-0.2, 0) is 0 Å². The van der Waals surface area contributed by atoms with Gasteiger partial charge in [0, 0.05) is 28.9 Å². The molecule has 3 N–H and O–H groups in total. The maximum atomic E-state index is 10.1. The number of H-pyrrole nitrogens is 1. The average molecular weight is 349 g/mol. The van der Waals surface area contributed by atoms with Gasteiger partial charge in [0.2, 0.25) is 6.79 Å². The molecule has 0 aliphatic carbocycles. The second kappa shape index (κ2) is 6.07. The predicted molar refractivity (Wildman–Crippen MR) is 94.9 cm³/mol. The zero-order valence-corrected chi connectivity index (χ0v) is 14.2. The highest BCUT2D eigenvalue weighted by Gasteiger charge is 2.37. The van der Waals surface area contributed by atoms with Gasteiger partial charge in [-0.2, -0.15) is 10.4 Å². The molecule has 132 valence electrons. The van der Waals surface area contributed by atoms with Crippen LogP contribution in [0.4, 0.5) is 5.82 Å². The summed E-state index contributed by atoms with van der Waals surface area (Å²) in [5.41, 5.74) is 3.65. The molecule has 26 heavy (non-hydrogen) atoms. The zero-order chi connectivity index (χ0) is 17.5. The van der Waals surface area contributed by atoms with E-state index in [1.807, 2.05) is 24.4 Å². The quantitative estimate of drug-likeness (QED) is 0.771. The summed E-state index contributed by atoms with van der Waals surface area (Å²) in [5, 5.41) is 24.2. The van der Waals surface area contributed by atoms with Crippen molar-refractivity contribution in [1.29, 1.82) is 5.26 Å². The van der Waals surface area contributed by atoms with E-state index in [0.29, 0.717) is 5.92 Å². The molecule has 3 aliphatic rings. The molecule has 0 radical (unpaired) electrons. The number of ether oxygens (including phenoxy) is 2. The summed E-state index contributed by atoms with van der Waals surface area (Å²) in [7, 11) is 0. The predicted octanol–water partition coefficient (Wildman–Crippen LogP) is 2.47. The number of hydrogen-bond acceptors (Lipinski definition) is 6. The number of nitriles is 1. The fraction of sp³-hybridized carbons (Fsp3) is 0.368. The number of aromatic nitrogens is 2. The Hall–Kier alpha value is -2.98. The van der Waals surface area contributed by atoms with E-state index >= 15 is 0 Å². The van der Waals surface area contributed by atoms with Crippen molar-refractivity contribution in [2.24, 2.45) is 5.92 Å². The lowest BCUT2D eigenvalue weighted by molar-refractivity contribution is 0.173. The molecule has 3 aliphatic heterocycles. The number of nitrogens with one attached hydrogen (secondary N) is 3. The molecule has 2 aromatic rings. The first-order valence-corrected chi connectivity index (χ1v) is 8.91. The minimum atomic E-state index is -0.212. The first-order valence-electron chi connectivity index (χ1n) is 8.91. The van der Waals surface area contributed by atoms with Gasteiger partial charge in [0.25, 0.3) is 0 Å². The molecule has 0 saturated carbocycles. The fourth-order valence-corrected chi connectivity index (χ4v) is 4.19. The van der Waals surface area contributed by atoms with Crippen molar-refractivity contribution in [2.75, 3.05) is 25.2 Å². The molecule has 7 heteroatoms. The number of fused-ring (bicyclic) bond motifs is 2. The van der Waals surface area contributed by atoms with Crippen LogP contribution in [-0.4, -0.2) is 30.1 Å². The number of para-hydroxylation sites is 1. The van der Waals surface area contributed by atoms with Crippen molar-refractivity contribution in [3.8, 4) is 17.6 Å². The minimum absolute atomic E-state index is 0.211. The van der Waals surface area contributed by atoms with Crippen molar-refractivity contribution < 1.29 is 9.47 Å². The van der Waals surface area contributed by atoms with E-state index in [1.165, 1.54) is 0 Å². The lowest BCUT2D eigenvalue weighted by Crippen LogP contribution is -2.32. The van der Waals surface area contributed by atoms with E-state index in [-0.39, 0.29) is 12.7 Å². The molecule has 1 aromatic carbocycles. The molecule has 7 nitrogen and oxygen atoms in total. The molecule has 1 fully saturated rings. The van der Waals surface area contributed by atoms with Gasteiger partial charge in [-0.25, -0.2) is 0 Å². The Bertz CT molecular complexity index is 920. The van der Waals surface area contributed by atoms with Gasteiger partial charge in [0.15, 0.2) is 17.3 Å². The van der Waals surface area contributed by atoms with Crippen LogP contribution in [0.5, 0.6) is 11.5 Å². The molecule has 1 unspecified atom stereocenters. The largest absolute Gasteiger partial charge is 0.454 e. The topological polar surface area (TPSA) is 95.0 Å². The van der Waals surface area contributed by atoms with Gasteiger partial charge in [-0.3, -0.25) is 5.10 Å². The number of nitrogens with zero attached hydrogens (tertiary/aromatic N) is 2. The van der Waals surface area contributed by atoms with Crippen molar-refractivity contribution in [3.05, 3.63) is 46.8 Å². The van der Waals surface area contributed by atoms with E-state index in [0.717, 1.165) is 65.6 Å². The van der Waals surface area contributed by atoms with Gasteiger partial charge in [0.05, 0.1) is 17.6 Å². The number of piperidine rings is 1. The standard InChI is InChI=1S/C19H19N5O2/c20-8-13-16(12-2-1-3-15-18(12)26-10-25-15)14-9-22-24-19(14)23-17(13)11-4-6-21-7-5-11/h1-3,9,11,16,21H,4-7,10H2,(H2,22,23,24). The third kappa shape index (κ3) is 2.26. The number of benzene rings is 1. The van der Waals surface area contributed by atoms with Crippen LogP contribution in [0.1, 0.15) is 29.9 Å². The van der Waals surface area contributed by atoms with E-state index in [1.54, 1.807) is 0 Å². The second-order valence-corrected chi connectivity index (χ2v) is 6.79. The number of rotatable bonds is 2. The highest BCUT2D eigenvalue weighted by molar-refractivity contribution is 5.67. The number of aromatic amines is 1. The number of allylic oxidation sites excluding steroid dienone is 2. The molecule has 0 spiro atoms. The first-order chi connectivity index (χ1) is 12.9. The summed E-state index contributed by atoms with van der Waals surface area (Å²) in [4.78, 5) is 0. The Morgan fingerprint density at radius 1 is 1.15 bits per heavy atom. The highest BCUT2D eigenvalue weighted by atomic mass is 16.7. The molecule has 5 rings (SSSR count). The van der Waals surface area contributed by atoms with Gasteiger partial charge in [-0.15, -0.1) is 0 Å². The van der Waals surface area contributed by atoms with E-state index < -0.39 is 0 Å². The molecular formula is C19H19N5O2. The molecule has 4 heterocycles. The normalized spacial score (nSPS) is 21.9. The van der Waals surface area contributed by atoms with Crippen LogP contribution >= 0.6 is 0 Å². The lowest BCUT2D eigenvalue weighted by atomic mass is 9.79. The van der Waals surface area contributed by atoms with Crippen LogP contribution in [0.15, 0.2) is 35.7 Å². The molecule has 0 bridgehead atoms. The van der Waals surface area contributed by atoms with Gasteiger partial charge in [0.1, 0.15) is 0 Å². The van der Waals surface area contributed by atoms with E-state index in [4.69, 9.17) is 9.47 Å². The van der Waals surface area contributed by atoms with Crippen LogP contribution in [0.2, 0.25) is 0 Å². The molecule has 0 amide bonds. The Kier molecular flexibility index (Phi) is 3.57. The summed E-state index contributed by atoms with van der Waals surface area (Å²) in [5.74, 6) is 2.36. The van der Waals surface area contributed by atoms with E-state index in [2.05, 4.69) is 26.9 Å². The third-order valence-electron chi connectivity index (χ3n) is 5.42. The SMILES string of the molecule is N#CC1=C(C2CCNCC2)Nc2n[nH]cc2C1c1cccc2c1OCO2. The van der Waals surface area contributed by atoms with Crippen LogP contribution < -0.4 is 20.1 Å². The Morgan fingerprint density at radius 2 is 2.04 bits per heavy atom. The van der Waals surface area contributed by atoms with Crippen molar-refractivity contribution in [1.82, 2.24) is 15.5 Å². The summed E-state index contributed by atoms with van der Waals surface area (Å²) >= 11 is 0. The Balaban J connectivity index is 1.68. The van der Waals surface area contributed by atoms with Crippen molar-refractivity contribution in [3.63, 3.8) is 0 Å². The monoisotopic (exact) mass is 349 g/mol. The van der Waals surface area contributed by atoms with Crippen molar-refractivity contribution in [2.45, 2.75) is 18.8 Å². The number of anilines is 1. The number of hydrogen-bond donors (Lipinski definition) is 3. The second-order valence-electron chi connectivity index (χ2n) is 6.79. The van der Waals surface area contributed by atoms with E-state index in [9.17, 15) is 5.26 Å². The molecular weight excluding hydrogens is 330 g/mol. The Morgan fingerprint density at radius 3 is 2.88 bits per heavy atom. The first kappa shape index (κ1) is 15.3. The van der Waals surface area contributed by atoms with Crippen LogP contribution in [0, 0.1) is 17.2 Å². The molecule has 1 atom stereocenters. The minimum Gasteiger partial charge on any atom is -0.454 e. The summed E-state index contributed by atoms with van der Waals surface area (Å²) in [6.07, 6.45) is 3.87. The third-order valence-corrected chi connectivity index (χ3v) is 5.42. The Labute approximate surface area is 151 Å². The van der Waals surface area contributed by atoms with Crippen LogP contribution in [0.3, 0.4) is 0 Å². The molecule has 1 saturated heterocycles. The van der Waals surface area contributed by atoms with Crippen molar-refractivity contribution >= 4 is 5.82 Å². The highest BCUT2D eigenvalue weighted by Crippen LogP contribution is 2.49. The zero-order valence-electron chi connectivity index (χ0n) is 14.2. The van der Waals surface area contributed by atoms with Gasteiger partial charge in [-0.05, 0) is 32.0 Å². The van der Waals surface area contributed by atoms with Gasteiger partial charge >= 0.3 is 0 Å². The average Bonchev–Trinajstić information content (AvgIpc) is 3.36. The smallest absolute Gasteiger partial charge is 0.231 e. The lowest BCUT2D eigenvalue weighted by Gasteiger charge is -2.32. The summed E-state index contributed by atoms with van der Waals surface area (Å²) < 4.78 is 11.3. The fourth-order valence-electron chi connectivity index (χ4n) is 4.19.